The topological polar surface area (TPSA) is 44.8 Å². The Morgan fingerprint density at radius 1 is 1.27 bits per heavy atom. The van der Waals surface area contributed by atoms with E-state index in [4.69, 9.17) is 21.1 Å². The standard InChI is InChI=1S/C18H16BrClF2O4/c1-3-10-7-11(17(21)22)16(8-14(10)20)25-9-12-13(19)5-4-6-15(12)26-18(23)24-2/h4-8,17H,3,9H2,1-2H3. The van der Waals surface area contributed by atoms with Crippen molar-refractivity contribution in [3.05, 3.63) is 56.5 Å². The van der Waals surface area contributed by atoms with Gasteiger partial charge in [0.15, 0.2) is 0 Å². The molecule has 2 aromatic carbocycles. The molecular weight excluding hydrogens is 434 g/mol. The molecule has 4 nitrogen and oxygen atoms in total. The molecule has 0 fully saturated rings. The maximum atomic E-state index is 13.4. The molecule has 0 spiro atoms. The number of hydrogen-bond donors (Lipinski definition) is 0. The minimum atomic E-state index is -2.71. The second kappa shape index (κ2) is 9.19. The van der Waals surface area contributed by atoms with Gasteiger partial charge in [-0.1, -0.05) is 40.5 Å². The number of alkyl halides is 2. The lowest BCUT2D eigenvalue weighted by atomic mass is 10.1. The normalized spacial score (nSPS) is 10.7. The lowest BCUT2D eigenvalue weighted by molar-refractivity contribution is 0.120. The van der Waals surface area contributed by atoms with Gasteiger partial charge in [-0.05, 0) is 36.2 Å². The molecule has 0 N–H and O–H groups in total. The summed E-state index contributed by atoms with van der Waals surface area (Å²) in [5, 5.41) is 0.352. The molecule has 140 valence electrons. The summed E-state index contributed by atoms with van der Waals surface area (Å²) in [6.07, 6.45) is -3.08. The number of rotatable bonds is 6. The monoisotopic (exact) mass is 448 g/mol. The molecule has 0 saturated heterocycles. The molecule has 0 amide bonds. The summed E-state index contributed by atoms with van der Waals surface area (Å²) < 4.78 is 42.4. The van der Waals surface area contributed by atoms with Crippen LogP contribution in [0.15, 0.2) is 34.8 Å². The van der Waals surface area contributed by atoms with E-state index in [2.05, 4.69) is 20.7 Å². The average Bonchev–Trinajstić information content (AvgIpc) is 2.60. The Morgan fingerprint density at radius 3 is 2.62 bits per heavy atom. The predicted molar refractivity (Wildman–Crippen MR) is 97.3 cm³/mol. The summed E-state index contributed by atoms with van der Waals surface area (Å²) in [7, 11) is 1.18. The zero-order valence-corrected chi connectivity index (χ0v) is 16.4. The first-order chi connectivity index (χ1) is 12.4. The van der Waals surface area contributed by atoms with Crippen LogP contribution in [0.2, 0.25) is 5.02 Å². The van der Waals surface area contributed by atoms with Gasteiger partial charge in [0.1, 0.15) is 18.1 Å². The number of methoxy groups -OCH3 is 1. The van der Waals surface area contributed by atoms with Crippen LogP contribution in [0.25, 0.3) is 0 Å². The maximum Gasteiger partial charge on any atom is 0.513 e. The number of hydrogen-bond acceptors (Lipinski definition) is 4. The lowest BCUT2D eigenvalue weighted by Gasteiger charge is -2.16. The summed E-state index contributed by atoms with van der Waals surface area (Å²) in [6.45, 7) is 1.71. The molecule has 0 saturated carbocycles. The van der Waals surface area contributed by atoms with Gasteiger partial charge in [0.05, 0.1) is 12.7 Å². The second-order valence-electron chi connectivity index (χ2n) is 5.20. The van der Waals surface area contributed by atoms with Gasteiger partial charge in [-0.2, -0.15) is 0 Å². The molecule has 0 radical (unpaired) electrons. The Bertz CT molecular complexity index is 799. The zero-order valence-electron chi connectivity index (χ0n) is 14.0. The third-order valence-corrected chi connectivity index (χ3v) is 4.70. The fraction of sp³-hybridized carbons (Fsp3) is 0.278. The van der Waals surface area contributed by atoms with E-state index in [1.54, 1.807) is 18.2 Å². The fourth-order valence-electron chi connectivity index (χ4n) is 2.24. The van der Waals surface area contributed by atoms with Gasteiger partial charge in [0.25, 0.3) is 6.43 Å². The molecule has 0 atom stereocenters. The smallest absolute Gasteiger partial charge is 0.488 e. The molecule has 0 unspecified atom stereocenters. The van der Waals surface area contributed by atoms with Gasteiger partial charge in [0, 0.05) is 15.1 Å². The maximum absolute atomic E-state index is 13.4. The van der Waals surface area contributed by atoms with Crippen molar-refractivity contribution in [3.63, 3.8) is 0 Å². The molecule has 0 aliphatic carbocycles. The average molecular weight is 450 g/mol. The van der Waals surface area contributed by atoms with Crippen LogP contribution in [0.5, 0.6) is 11.5 Å². The van der Waals surface area contributed by atoms with E-state index in [0.717, 1.165) is 0 Å². The van der Waals surface area contributed by atoms with Crippen LogP contribution in [0.1, 0.15) is 30.0 Å². The van der Waals surface area contributed by atoms with Crippen molar-refractivity contribution in [2.24, 2.45) is 0 Å². The number of carbonyl (C=O) groups is 1. The van der Waals surface area contributed by atoms with Crippen LogP contribution in [0.3, 0.4) is 0 Å². The first-order valence-electron chi connectivity index (χ1n) is 7.63. The molecule has 26 heavy (non-hydrogen) atoms. The molecule has 0 aromatic heterocycles. The van der Waals surface area contributed by atoms with E-state index in [1.807, 2.05) is 6.92 Å². The molecule has 8 heteroatoms. The quantitative estimate of drug-likeness (QED) is 0.382. The van der Waals surface area contributed by atoms with Crippen molar-refractivity contribution in [1.29, 1.82) is 0 Å². The molecule has 0 bridgehead atoms. The molecule has 2 rings (SSSR count). The Hall–Kier alpha value is -1.86. The van der Waals surface area contributed by atoms with Crippen LogP contribution in [-0.2, 0) is 17.8 Å². The number of ether oxygens (including phenoxy) is 3. The zero-order chi connectivity index (χ0) is 19.3. The van der Waals surface area contributed by atoms with Crippen molar-refractivity contribution in [3.8, 4) is 11.5 Å². The Labute approximate surface area is 163 Å². The highest BCUT2D eigenvalue weighted by atomic mass is 79.9. The summed E-state index contributed by atoms with van der Waals surface area (Å²) in [4.78, 5) is 11.4. The van der Waals surface area contributed by atoms with Gasteiger partial charge in [-0.3, -0.25) is 0 Å². The molecule has 0 aliphatic rings. The van der Waals surface area contributed by atoms with Crippen molar-refractivity contribution >= 4 is 33.7 Å². The highest BCUT2D eigenvalue weighted by Gasteiger charge is 2.19. The number of carbonyl (C=O) groups excluding carboxylic acids is 1. The Morgan fingerprint density at radius 2 is 2.00 bits per heavy atom. The van der Waals surface area contributed by atoms with Gasteiger partial charge >= 0.3 is 6.16 Å². The summed E-state index contributed by atoms with van der Waals surface area (Å²) in [5.74, 6) is 0.170. The second-order valence-corrected chi connectivity index (χ2v) is 6.46. The number of benzene rings is 2. The Kier molecular flexibility index (Phi) is 7.23. The van der Waals surface area contributed by atoms with Crippen molar-refractivity contribution in [2.75, 3.05) is 7.11 Å². The van der Waals surface area contributed by atoms with Crippen molar-refractivity contribution < 1.29 is 27.8 Å². The van der Waals surface area contributed by atoms with E-state index in [0.29, 0.717) is 27.0 Å². The molecular formula is C18H16BrClF2O4. The van der Waals surface area contributed by atoms with Crippen LogP contribution >= 0.6 is 27.5 Å². The minimum absolute atomic E-state index is 0.0260. The number of halogens is 4. The SMILES string of the molecule is CCc1cc(C(F)F)c(OCc2c(Br)cccc2OC(=O)OC)cc1Cl. The van der Waals surface area contributed by atoms with Crippen molar-refractivity contribution in [2.45, 2.75) is 26.4 Å². The summed E-state index contributed by atoms with van der Waals surface area (Å²) >= 11 is 9.45. The van der Waals surface area contributed by atoms with Crippen LogP contribution in [0, 0.1) is 0 Å². The van der Waals surface area contributed by atoms with E-state index < -0.39 is 12.6 Å². The lowest BCUT2D eigenvalue weighted by Crippen LogP contribution is -2.10. The predicted octanol–water partition coefficient (Wildman–Crippen LogP) is 6.33. The van der Waals surface area contributed by atoms with E-state index in [9.17, 15) is 13.6 Å². The summed E-state index contributed by atoms with van der Waals surface area (Å²) in [5.41, 5.74) is 0.840. The number of aryl methyl sites for hydroxylation is 1. The molecule has 2 aromatic rings. The minimum Gasteiger partial charge on any atom is -0.488 e. The van der Waals surface area contributed by atoms with E-state index in [-0.39, 0.29) is 23.7 Å². The van der Waals surface area contributed by atoms with Crippen LogP contribution in [-0.4, -0.2) is 13.3 Å². The highest BCUT2D eigenvalue weighted by Crippen LogP contribution is 2.36. The van der Waals surface area contributed by atoms with Crippen LogP contribution in [0.4, 0.5) is 13.6 Å². The van der Waals surface area contributed by atoms with Gasteiger partial charge < -0.3 is 14.2 Å². The Balaban J connectivity index is 2.32. The third-order valence-electron chi connectivity index (χ3n) is 3.60. The highest BCUT2D eigenvalue weighted by molar-refractivity contribution is 9.10. The fourth-order valence-corrected chi connectivity index (χ4v) is 2.99. The largest absolute Gasteiger partial charge is 0.513 e. The molecule has 0 heterocycles. The van der Waals surface area contributed by atoms with Crippen molar-refractivity contribution in [1.82, 2.24) is 0 Å². The third kappa shape index (κ3) is 4.86. The van der Waals surface area contributed by atoms with E-state index in [1.165, 1.54) is 19.2 Å². The van der Waals surface area contributed by atoms with Gasteiger partial charge in [-0.25, -0.2) is 13.6 Å². The summed E-state index contributed by atoms with van der Waals surface area (Å²) in [6, 6.07) is 7.63. The molecule has 0 aliphatic heterocycles. The van der Waals surface area contributed by atoms with Gasteiger partial charge in [-0.15, -0.1) is 0 Å². The van der Waals surface area contributed by atoms with Gasteiger partial charge in [0.2, 0.25) is 0 Å². The van der Waals surface area contributed by atoms with E-state index >= 15 is 0 Å². The van der Waals surface area contributed by atoms with Crippen LogP contribution < -0.4 is 9.47 Å². The first-order valence-corrected chi connectivity index (χ1v) is 8.80. The first kappa shape index (κ1) is 20.5.